The van der Waals surface area contributed by atoms with E-state index in [2.05, 4.69) is 0 Å². The fraction of sp³-hybridized carbons (Fsp3) is 0.294. The molecule has 1 atom stereocenters. The quantitative estimate of drug-likeness (QED) is 0.915. The molecule has 1 N–H and O–H groups in total. The molecule has 3 nitrogen and oxygen atoms in total. The second kappa shape index (κ2) is 6.59. The van der Waals surface area contributed by atoms with Crippen molar-refractivity contribution in [1.82, 2.24) is 0 Å². The Labute approximate surface area is 124 Å². The van der Waals surface area contributed by atoms with Crippen molar-refractivity contribution in [2.75, 3.05) is 13.7 Å². The molecule has 0 bridgehead atoms. The molecule has 2 aromatic carbocycles. The van der Waals surface area contributed by atoms with E-state index in [-0.39, 0.29) is 12.4 Å². The normalized spacial score (nSPS) is 12.0. The van der Waals surface area contributed by atoms with Crippen LogP contribution in [0.2, 0.25) is 0 Å². The summed E-state index contributed by atoms with van der Waals surface area (Å²) >= 11 is 0. The highest BCUT2D eigenvalue weighted by Gasteiger charge is 2.15. The summed E-state index contributed by atoms with van der Waals surface area (Å²) in [4.78, 5) is 0. The van der Waals surface area contributed by atoms with E-state index in [0.29, 0.717) is 17.1 Å². The number of aliphatic hydroxyl groups is 1. The first-order valence-electron chi connectivity index (χ1n) is 6.73. The SMILES string of the molecule is COc1ccc(C)cc1C(O)COc1cc(F)ccc1C. The number of aliphatic hydroxyl groups excluding tert-OH is 1. The molecular formula is C17H19FO3. The van der Waals surface area contributed by atoms with Gasteiger partial charge < -0.3 is 14.6 Å². The van der Waals surface area contributed by atoms with E-state index in [9.17, 15) is 9.50 Å². The Hall–Kier alpha value is -2.07. The average Bonchev–Trinajstić information content (AvgIpc) is 2.47. The molecule has 21 heavy (non-hydrogen) atoms. The van der Waals surface area contributed by atoms with E-state index >= 15 is 0 Å². The van der Waals surface area contributed by atoms with Crippen molar-refractivity contribution in [3.8, 4) is 11.5 Å². The molecular weight excluding hydrogens is 271 g/mol. The van der Waals surface area contributed by atoms with Crippen LogP contribution in [-0.4, -0.2) is 18.8 Å². The van der Waals surface area contributed by atoms with E-state index in [0.717, 1.165) is 11.1 Å². The van der Waals surface area contributed by atoms with Gasteiger partial charge in [0.2, 0.25) is 0 Å². The maximum Gasteiger partial charge on any atom is 0.126 e. The lowest BCUT2D eigenvalue weighted by atomic mass is 10.1. The molecule has 0 fully saturated rings. The maximum absolute atomic E-state index is 13.2. The maximum atomic E-state index is 13.2. The van der Waals surface area contributed by atoms with E-state index in [1.807, 2.05) is 26.0 Å². The molecule has 1 unspecified atom stereocenters. The molecule has 0 aromatic heterocycles. The standard InChI is InChI=1S/C17H19FO3/c1-11-4-7-16(20-3)14(8-11)15(19)10-21-17-9-13(18)6-5-12(17)2/h4-9,15,19H,10H2,1-3H3. The summed E-state index contributed by atoms with van der Waals surface area (Å²) < 4.78 is 24.0. The van der Waals surface area contributed by atoms with Crippen molar-refractivity contribution in [2.24, 2.45) is 0 Å². The van der Waals surface area contributed by atoms with Gasteiger partial charge in [0.25, 0.3) is 0 Å². The van der Waals surface area contributed by atoms with Gasteiger partial charge in [-0.3, -0.25) is 0 Å². The Morgan fingerprint density at radius 2 is 1.86 bits per heavy atom. The molecule has 0 spiro atoms. The second-order valence-electron chi connectivity index (χ2n) is 4.98. The van der Waals surface area contributed by atoms with Crippen molar-refractivity contribution in [3.63, 3.8) is 0 Å². The summed E-state index contributed by atoms with van der Waals surface area (Å²) in [5, 5.41) is 10.3. The third-order valence-electron chi connectivity index (χ3n) is 3.29. The molecule has 112 valence electrons. The first kappa shape index (κ1) is 15.3. The number of methoxy groups -OCH3 is 1. The number of ether oxygens (including phenoxy) is 2. The summed E-state index contributed by atoms with van der Waals surface area (Å²) in [6, 6.07) is 9.90. The summed E-state index contributed by atoms with van der Waals surface area (Å²) in [5.74, 6) is 0.673. The molecule has 0 saturated heterocycles. The van der Waals surface area contributed by atoms with Crippen molar-refractivity contribution in [2.45, 2.75) is 20.0 Å². The van der Waals surface area contributed by atoms with Gasteiger partial charge in [0, 0.05) is 11.6 Å². The molecule has 0 heterocycles. The third-order valence-corrected chi connectivity index (χ3v) is 3.29. The molecule has 2 aromatic rings. The van der Waals surface area contributed by atoms with Gasteiger partial charge in [0.1, 0.15) is 30.0 Å². The molecule has 4 heteroatoms. The lowest BCUT2D eigenvalue weighted by Gasteiger charge is -2.17. The largest absolute Gasteiger partial charge is 0.496 e. The zero-order chi connectivity index (χ0) is 15.4. The number of halogens is 1. The van der Waals surface area contributed by atoms with Crippen LogP contribution < -0.4 is 9.47 Å². The Morgan fingerprint density at radius 3 is 2.57 bits per heavy atom. The minimum atomic E-state index is -0.845. The first-order valence-corrected chi connectivity index (χ1v) is 6.73. The number of hydrogen-bond acceptors (Lipinski definition) is 3. The highest BCUT2D eigenvalue weighted by Crippen LogP contribution is 2.27. The minimum Gasteiger partial charge on any atom is -0.496 e. The van der Waals surface area contributed by atoms with Gasteiger partial charge in [-0.2, -0.15) is 0 Å². The van der Waals surface area contributed by atoms with Crippen LogP contribution in [0, 0.1) is 19.7 Å². The van der Waals surface area contributed by atoms with Crippen molar-refractivity contribution in [3.05, 3.63) is 58.9 Å². The lowest BCUT2D eigenvalue weighted by Crippen LogP contribution is -2.11. The Kier molecular flexibility index (Phi) is 4.81. The van der Waals surface area contributed by atoms with Gasteiger partial charge in [0.15, 0.2) is 0 Å². The van der Waals surface area contributed by atoms with Crippen molar-refractivity contribution in [1.29, 1.82) is 0 Å². The molecule has 0 aliphatic heterocycles. The molecule has 0 aliphatic carbocycles. The molecule has 0 amide bonds. The van der Waals surface area contributed by atoms with Gasteiger partial charge in [-0.1, -0.05) is 17.7 Å². The monoisotopic (exact) mass is 290 g/mol. The first-order chi connectivity index (χ1) is 10.0. The van der Waals surface area contributed by atoms with E-state index < -0.39 is 6.10 Å². The second-order valence-corrected chi connectivity index (χ2v) is 4.98. The highest BCUT2D eigenvalue weighted by atomic mass is 19.1. The van der Waals surface area contributed by atoms with E-state index in [4.69, 9.17) is 9.47 Å². The van der Waals surface area contributed by atoms with Gasteiger partial charge >= 0.3 is 0 Å². The highest BCUT2D eigenvalue weighted by molar-refractivity contribution is 5.39. The van der Waals surface area contributed by atoms with Crippen LogP contribution in [0.1, 0.15) is 22.8 Å². The van der Waals surface area contributed by atoms with Crippen LogP contribution in [0.5, 0.6) is 11.5 Å². The Balaban J connectivity index is 2.13. The lowest BCUT2D eigenvalue weighted by molar-refractivity contribution is 0.105. The van der Waals surface area contributed by atoms with Crippen LogP contribution >= 0.6 is 0 Å². The van der Waals surface area contributed by atoms with Gasteiger partial charge in [-0.05, 0) is 37.6 Å². The van der Waals surface area contributed by atoms with Crippen LogP contribution in [0.3, 0.4) is 0 Å². The fourth-order valence-electron chi connectivity index (χ4n) is 2.10. The zero-order valence-electron chi connectivity index (χ0n) is 12.4. The minimum absolute atomic E-state index is 0.0319. The number of benzene rings is 2. The summed E-state index contributed by atoms with van der Waals surface area (Å²) in [7, 11) is 1.55. The number of rotatable bonds is 5. The van der Waals surface area contributed by atoms with Gasteiger partial charge in [-0.25, -0.2) is 4.39 Å². The Morgan fingerprint density at radius 1 is 1.10 bits per heavy atom. The van der Waals surface area contributed by atoms with Crippen LogP contribution in [0.15, 0.2) is 36.4 Å². The molecule has 2 rings (SSSR count). The van der Waals surface area contributed by atoms with Gasteiger partial charge in [-0.15, -0.1) is 0 Å². The summed E-state index contributed by atoms with van der Waals surface area (Å²) in [6.07, 6.45) is -0.845. The fourth-order valence-corrected chi connectivity index (χ4v) is 2.10. The zero-order valence-corrected chi connectivity index (χ0v) is 12.4. The molecule has 0 radical (unpaired) electrons. The average molecular weight is 290 g/mol. The van der Waals surface area contributed by atoms with Crippen LogP contribution in [0.4, 0.5) is 4.39 Å². The molecule has 0 saturated carbocycles. The summed E-state index contributed by atoms with van der Waals surface area (Å²) in [5.41, 5.74) is 2.50. The predicted octanol–water partition coefficient (Wildman–Crippen LogP) is 3.56. The third kappa shape index (κ3) is 3.73. The van der Waals surface area contributed by atoms with Crippen LogP contribution in [-0.2, 0) is 0 Å². The predicted molar refractivity (Wildman–Crippen MR) is 79.3 cm³/mol. The van der Waals surface area contributed by atoms with Gasteiger partial charge in [0.05, 0.1) is 7.11 Å². The van der Waals surface area contributed by atoms with E-state index in [1.54, 1.807) is 19.2 Å². The van der Waals surface area contributed by atoms with Crippen LogP contribution in [0.25, 0.3) is 0 Å². The number of aryl methyl sites for hydroxylation is 2. The topological polar surface area (TPSA) is 38.7 Å². The van der Waals surface area contributed by atoms with E-state index in [1.165, 1.54) is 12.1 Å². The smallest absolute Gasteiger partial charge is 0.126 e. The Bertz CT molecular complexity index is 625. The van der Waals surface area contributed by atoms with Crippen molar-refractivity contribution >= 4 is 0 Å². The summed E-state index contributed by atoms with van der Waals surface area (Å²) in [6.45, 7) is 3.80. The molecule has 0 aliphatic rings. The van der Waals surface area contributed by atoms with Crippen molar-refractivity contribution < 1.29 is 19.0 Å². The number of hydrogen-bond donors (Lipinski definition) is 1.